The van der Waals surface area contributed by atoms with Gasteiger partial charge in [0.05, 0.1) is 24.4 Å². The Kier molecular flexibility index (Phi) is 2.63. The molecule has 1 aliphatic rings. The largest absolute Gasteiger partial charge is 0.373 e. The quantitative estimate of drug-likeness (QED) is 0.875. The molecule has 0 bridgehead atoms. The van der Waals surface area contributed by atoms with Crippen LogP contribution < -0.4 is 5.32 Å². The summed E-state index contributed by atoms with van der Waals surface area (Å²) in [5.41, 5.74) is -0.0616. The summed E-state index contributed by atoms with van der Waals surface area (Å²) in [5, 5.41) is 13.6. The van der Waals surface area contributed by atoms with E-state index in [9.17, 15) is 0 Å². The molecule has 0 aliphatic carbocycles. The molecule has 94 valence electrons. The van der Waals surface area contributed by atoms with Crippen LogP contribution in [-0.2, 0) is 4.74 Å². The molecule has 0 amide bonds. The summed E-state index contributed by atoms with van der Waals surface area (Å²) in [6.07, 6.45) is 6.28. The van der Waals surface area contributed by atoms with Crippen LogP contribution in [0.25, 0.3) is 10.8 Å². The summed E-state index contributed by atoms with van der Waals surface area (Å²) >= 11 is 0. The fraction of sp³-hybridized carbons (Fsp3) is 0.462. The topological polar surface area (TPSA) is 59.9 Å². The van der Waals surface area contributed by atoms with Gasteiger partial charge in [0, 0.05) is 23.2 Å². The van der Waals surface area contributed by atoms with E-state index >= 15 is 0 Å². The minimum absolute atomic E-state index is 0.0616. The lowest BCUT2D eigenvalue weighted by Crippen LogP contribution is -2.23. The van der Waals surface area contributed by atoms with Gasteiger partial charge in [0.25, 0.3) is 0 Å². The maximum atomic E-state index is 5.71. The van der Waals surface area contributed by atoms with Crippen LogP contribution in [0.4, 0.5) is 5.82 Å². The van der Waals surface area contributed by atoms with E-state index in [0.717, 1.165) is 23.0 Å². The third kappa shape index (κ3) is 2.13. The Morgan fingerprint density at radius 1 is 1.39 bits per heavy atom. The first-order valence-electron chi connectivity index (χ1n) is 6.10. The van der Waals surface area contributed by atoms with Crippen LogP contribution in [0.1, 0.15) is 20.3 Å². The van der Waals surface area contributed by atoms with Crippen LogP contribution in [0.5, 0.6) is 0 Å². The van der Waals surface area contributed by atoms with Crippen molar-refractivity contribution in [3.05, 3.63) is 24.7 Å². The van der Waals surface area contributed by atoms with Crippen molar-refractivity contribution in [3.8, 4) is 0 Å². The lowest BCUT2D eigenvalue weighted by Gasteiger charge is -2.16. The highest BCUT2D eigenvalue weighted by molar-refractivity contribution is 5.90. The number of fused-ring (bicyclic) bond motifs is 1. The highest BCUT2D eigenvalue weighted by atomic mass is 16.5. The molecule has 0 spiro atoms. The van der Waals surface area contributed by atoms with Gasteiger partial charge < -0.3 is 10.1 Å². The van der Waals surface area contributed by atoms with Crippen molar-refractivity contribution in [2.75, 3.05) is 11.9 Å². The molecule has 0 unspecified atom stereocenters. The number of aromatic nitrogens is 3. The molecule has 1 atom stereocenters. The highest BCUT2D eigenvalue weighted by Crippen LogP contribution is 2.28. The first-order chi connectivity index (χ1) is 8.64. The van der Waals surface area contributed by atoms with Gasteiger partial charge in [-0.25, -0.2) is 0 Å². The van der Waals surface area contributed by atoms with Gasteiger partial charge in [0.2, 0.25) is 0 Å². The Morgan fingerprint density at radius 2 is 2.28 bits per heavy atom. The second-order valence-electron chi connectivity index (χ2n) is 5.27. The number of hydrogen-bond donors (Lipinski definition) is 1. The number of pyridine rings is 1. The summed E-state index contributed by atoms with van der Waals surface area (Å²) in [6, 6.07) is 2.21. The van der Waals surface area contributed by atoms with E-state index in [4.69, 9.17) is 4.74 Å². The van der Waals surface area contributed by atoms with E-state index in [-0.39, 0.29) is 11.6 Å². The molecule has 1 fully saturated rings. The number of nitrogens with zero attached hydrogens (tertiary/aromatic N) is 3. The Labute approximate surface area is 106 Å². The predicted molar refractivity (Wildman–Crippen MR) is 69.4 cm³/mol. The molecule has 1 N–H and O–H groups in total. The summed E-state index contributed by atoms with van der Waals surface area (Å²) < 4.78 is 5.71. The minimum Gasteiger partial charge on any atom is -0.373 e. The molecule has 5 heteroatoms. The summed E-state index contributed by atoms with van der Waals surface area (Å²) in [5.74, 6) is 0.784. The second kappa shape index (κ2) is 4.17. The van der Waals surface area contributed by atoms with E-state index in [1.54, 1.807) is 12.4 Å². The molecule has 3 rings (SSSR count). The molecule has 18 heavy (non-hydrogen) atoms. The first kappa shape index (κ1) is 11.3. The summed E-state index contributed by atoms with van der Waals surface area (Å²) in [7, 11) is 0. The van der Waals surface area contributed by atoms with Crippen molar-refractivity contribution in [2.24, 2.45) is 0 Å². The van der Waals surface area contributed by atoms with Crippen LogP contribution in [-0.4, -0.2) is 33.4 Å². The molecule has 0 aromatic carbocycles. The van der Waals surface area contributed by atoms with E-state index in [2.05, 4.69) is 34.3 Å². The molecule has 0 saturated carbocycles. The maximum absolute atomic E-state index is 5.71. The van der Waals surface area contributed by atoms with Gasteiger partial charge in [-0.2, -0.15) is 5.10 Å². The van der Waals surface area contributed by atoms with Gasteiger partial charge in [-0.3, -0.25) is 4.98 Å². The molecular formula is C13H16N4O. The lowest BCUT2D eigenvalue weighted by molar-refractivity contribution is 0.0363. The van der Waals surface area contributed by atoms with E-state index in [1.165, 1.54) is 0 Å². The number of nitrogens with one attached hydrogen (secondary N) is 1. The van der Waals surface area contributed by atoms with Gasteiger partial charge in [0.15, 0.2) is 5.82 Å². The first-order valence-corrected chi connectivity index (χ1v) is 6.10. The summed E-state index contributed by atoms with van der Waals surface area (Å²) in [4.78, 5) is 4.14. The summed E-state index contributed by atoms with van der Waals surface area (Å²) in [6.45, 7) is 4.90. The van der Waals surface area contributed by atoms with Crippen LogP contribution in [0.15, 0.2) is 24.7 Å². The molecule has 0 radical (unpaired) electrons. The van der Waals surface area contributed by atoms with Gasteiger partial charge in [0.1, 0.15) is 0 Å². The average Bonchev–Trinajstić information content (AvgIpc) is 2.69. The fourth-order valence-electron chi connectivity index (χ4n) is 2.35. The van der Waals surface area contributed by atoms with Crippen molar-refractivity contribution in [3.63, 3.8) is 0 Å². The van der Waals surface area contributed by atoms with Crippen molar-refractivity contribution >= 4 is 16.6 Å². The Morgan fingerprint density at radius 3 is 3.06 bits per heavy atom. The van der Waals surface area contributed by atoms with Gasteiger partial charge in [-0.05, 0) is 26.3 Å². The predicted octanol–water partition coefficient (Wildman–Crippen LogP) is 2.00. The van der Waals surface area contributed by atoms with Gasteiger partial charge in [-0.15, -0.1) is 5.10 Å². The average molecular weight is 244 g/mol. The standard InChI is InChI=1S/C13H16N4O/c1-13(2)5-10(8-18-13)16-12-11-7-14-4-3-9(11)6-15-17-12/h3-4,6-7,10H,5,8H2,1-2H3,(H,16,17)/t10-/m1/s1. The normalized spacial score (nSPS) is 22.2. The van der Waals surface area contributed by atoms with Crippen molar-refractivity contribution in [1.82, 2.24) is 15.2 Å². The second-order valence-corrected chi connectivity index (χ2v) is 5.27. The molecule has 3 heterocycles. The molecular weight excluding hydrogens is 228 g/mol. The molecule has 1 aliphatic heterocycles. The molecule has 2 aromatic heterocycles. The zero-order valence-corrected chi connectivity index (χ0v) is 10.6. The number of hydrogen-bond acceptors (Lipinski definition) is 5. The van der Waals surface area contributed by atoms with Crippen molar-refractivity contribution in [1.29, 1.82) is 0 Å². The van der Waals surface area contributed by atoms with Crippen LogP contribution >= 0.6 is 0 Å². The SMILES string of the molecule is CC1(C)C[C@@H](Nc2nncc3ccncc23)CO1. The monoisotopic (exact) mass is 244 g/mol. The van der Waals surface area contributed by atoms with Crippen molar-refractivity contribution in [2.45, 2.75) is 31.9 Å². The minimum atomic E-state index is -0.0616. The van der Waals surface area contributed by atoms with E-state index in [1.807, 2.05) is 12.3 Å². The van der Waals surface area contributed by atoms with Crippen LogP contribution in [0.2, 0.25) is 0 Å². The fourth-order valence-corrected chi connectivity index (χ4v) is 2.35. The molecule has 5 nitrogen and oxygen atoms in total. The third-order valence-corrected chi connectivity index (χ3v) is 3.22. The van der Waals surface area contributed by atoms with Gasteiger partial charge in [-0.1, -0.05) is 0 Å². The zero-order valence-electron chi connectivity index (χ0n) is 10.6. The lowest BCUT2D eigenvalue weighted by atomic mass is 10.0. The van der Waals surface area contributed by atoms with Gasteiger partial charge >= 0.3 is 0 Å². The molecule has 2 aromatic rings. The van der Waals surface area contributed by atoms with E-state index < -0.39 is 0 Å². The van der Waals surface area contributed by atoms with E-state index in [0.29, 0.717) is 6.61 Å². The van der Waals surface area contributed by atoms with Crippen LogP contribution in [0, 0.1) is 0 Å². The molecule has 1 saturated heterocycles. The van der Waals surface area contributed by atoms with Crippen LogP contribution in [0.3, 0.4) is 0 Å². The smallest absolute Gasteiger partial charge is 0.158 e. The Bertz CT molecular complexity index is 564. The third-order valence-electron chi connectivity index (χ3n) is 3.22. The number of anilines is 1. The highest BCUT2D eigenvalue weighted by Gasteiger charge is 2.32. The Hall–Kier alpha value is -1.75. The Balaban J connectivity index is 1.87. The number of rotatable bonds is 2. The number of ether oxygens (including phenoxy) is 1. The maximum Gasteiger partial charge on any atom is 0.158 e. The zero-order chi connectivity index (χ0) is 12.6. The van der Waals surface area contributed by atoms with Crippen molar-refractivity contribution < 1.29 is 4.74 Å².